The number of nitrogens with one attached hydrogen (secondary N) is 1. The van der Waals surface area contributed by atoms with Crippen LogP contribution < -0.4 is 5.32 Å². The monoisotopic (exact) mass is 450 g/mol. The predicted octanol–water partition coefficient (Wildman–Crippen LogP) is 5.76. The number of hydrogen-bond donors (Lipinski definition) is 1. The van der Waals surface area contributed by atoms with Crippen LogP contribution in [0.1, 0.15) is 44.2 Å². The molecule has 4 nitrogen and oxygen atoms in total. The first-order valence-electron chi connectivity index (χ1n) is 11.3. The summed E-state index contributed by atoms with van der Waals surface area (Å²) in [7, 11) is 0. The average Bonchev–Trinajstić information content (AvgIpc) is 2.81. The summed E-state index contributed by atoms with van der Waals surface area (Å²) in [5, 5.41) is 5.93. The Balaban J connectivity index is 1.75. The number of halogens is 1. The molecule has 0 aliphatic heterocycles. The first-order valence-corrected chi connectivity index (χ1v) is 11.7. The summed E-state index contributed by atoms with van der Waals surface area (Å²) >= 11 is 6.02. The number of fused-ring (bicyclic) bond motifs is 1. The second-order valence-electron chi connectivity index (χ2n) is 8.11. The Bertz CT molecular complexity index is 1040. The van der Waals surface area contributed by atoms with Gasteiger partial charge < -0.3 is 10.2 Å². The van der Waals surface area contributed by atoms with Gasteiger partial charge in [-0.1, -0.05) is 79.5 Å². The maximum Gasteiger partial charge on any atom is 0.242 e. The summed E-state index contributed by atoms with van der Waals surface area (Å²) in [6, 6.07) is 21.2. The third-order valence-electron chi connectivity index (χ3n) is 5.75. The lowest BCUT2D eigenvalue weighted by Crippen LogP contribution is -2.47. The van der Waals surface area contributed by atoms with Gasteiger partial charge in [-0.05, 0) is 53.8 Å². The molecule has 0 saturated heterocycles. The molecule has 3 rings (SSSR count). The van der Waals surface area contributed by atoms with Gasteiger partial charge in [0.05, 0.1) is 0 Å². The van der Waals surface area contributed by atoms with Gasteiger partial charge in [-0.15, -0.1) is 0 Å². The van der Waals surface area contributed by atoms with Crippen LogP contribution in [0.3, 0.4) is 0 Å². The van der Waals surface area contributed by atoms with Crippen LogP contribution in [0.2, 0.25) is 5.02 Å². The fourth-order valence-corrected chi connectivity index (χ4v) is 3.93. The molecule has 32 heavy (non-hydrogen) atoms. The van der Waals surface area contributed by atoms with Crippen LogP contribution in [0.15, 0.2) is 66.7 Å². The summed E-state index contributed by atoms with van der Waals surface area (Å²) in [5.41, 5.74) is 2.09. The van der Waals surface area contributed by atoms with Gasteiger partial charge in [-0.2, -0.15) is 0 Å². The van der Waals surface area contributed by atoms with E-state index in [1.807, 2.05) is 42.5 Å². The molecule has 1 unspecified atom stereocenters. The minimum atomic E-state index is -0.553. The number of carbonyl (C=O) groups is 2. The third-order valence-corrected chi connectivity index (χ3v) is 6.00. The second-order valence-corrected chi connectivity index (χ2v) is 8.54. The van der Waals surface area contributed by atoms with Crippen LogP contribution in [0, 0.1) is 0 Å². The van der Waals surface area contributed by atoms with Crippen molar-refractivity contribution in [3.8, 4) is 0 Å². The molecule has 0 spiro atoms. The molecule has 0 aliphatic carbocycles. The van der Waals surface area contributed by atoms with Crippen LogP contribution in [-0.4, -0.2) is 29.3 Å². The molecule has 0 heterocycles. The van der Waals surface area contributed by atoms with Gasteiger partial charge >= 0.3 is 0 Å². The maximum atomic E-state index is 13.3. The van der Waals surface area contributed by atoms with E-state index in [1.165, 1.54) is 5.39 Å². The minimum absolute atomic E-state index is 0.0361. The SMILES string of the molecule is CCCCNC(=O)C(C)N(Cc1ccc(Cl)cc1)C(=O)CCc1cccc2ccccc12. The summed E-state index contributed by atoms with van der Waals surface area (Å²) in [5.74, 6) is -0.156. The Labute approximate surface area is 195 Å². The van der Waals surface area contributed by atoms with Gasteiger partial charge in [-0.3, -0.25) is 9.59 Å². The van der Waals surface area contributed by atoms with Gasteiger partial charge in [0.2, 0.25) is 11.8 Å². The number of aryl methyl sites for hydroxylation is 1. The van der Waals surface area contributed by atoms with E-state index < -0.39 is 6.04 Å². The summed E-state index contributed by atoms with van der Waals surface area (Å²) in [4.78, 5) is 27.7. The first-order chi connectivity index (χ1) is 15.5. The summed E-state index contributed by atoms with van der Waals surface area (Å²) < 4.78 is 0. The largest absolute Gasteiger partial charge is 0.354 e. The highest BCUT2D eigenvalue weighted by Gasteiger charge is 2.25. The molecule has 0 bridgehead atoms. The smallest absolute Gasteiger partial charge is 0.242 e. The van der Waals surface area contributed by atoms with Gasteiger partial charge in [0.15, 0.2) is 0 Å². The molecule has 168 valence electrons. The van der Waals surface area contributed by atoms with Crippen molar-refractivity contribution in [2.75, 3.05) is 6.54 Å². The molecule has 0 aromatic heterocycles. The van der Waals surface area contributed by atoms with E-state index in [9.17, 15) is 9.59 Å². The van der Waals surface area contributed by atoms with Crippen LogP contribution >= 0.6 is 11.6 Å². The van der Waals surface area contributed by atoms with E-state index in [0.29, 0.717) is 31.0 Å². The highest BCUT2D eigenvalue weighted by atomic mass is 35.5. The Morgan fingerprint density at radius 2 is 1.72 bits per heavy atom. The van der Waals surface area contributed by atoms with Crippen LogP contribution in [-0.2, 0) is 22.6 Å². The van der Waals surface area contributed by atoms with Crippen molar-refractivity contribution in [1.29, 1.82) is 0 Å². The Kier molecular flexibility index (Phi) is 8.69. The molecule has 0 fully saturated rings. The molecule has 5 heteroatoms. The lowest BCUT2D eigenvalue weighted by Gasteiger charge is -2.29. The van der Waals surface area contributed by atoms with Crippen molar-refractivity contribution in [2.45, 2.75) is 52.1 Å². The van der Waals surface area contributed by atoms with Crippen LogP contribution in [0.4, 0.5) is 0 Å². The Hall–Kier alpha value is -2.85. The maximum absolute atomic E-state index is 13.3. The lowest BCUT2D eigenvalue weighted by atomic mass is 10.0. The average molecular weight is 451 g/mol. The Morgan fingerprint density at radius 3 is 2.47 bits per heavy atom. The third kappa shape index (κ3) is 6.33. The standard InChI is InChI=1S/C27H31ClN2O2/c1-3-4-18-29-27(32)20(2)30(19-21-12-15-24(28)16-13-21)26(31)17-14-23-10-7-9-22-8-5-6-11-25(22)23/h5-13,15-16,20H,3-4,14,17-19H2,1-2H3,(H,29,32). The first kappa shape index (κ1) is 23.8. The van der Waals surface area contributed by atoms with Crippen LogP contribution in [0.25, 0.3) is 10.8 Å². The van der Waals surface area contributed by atoms with E-state index in [0.717, 1.165) is 29.4 Å². The van der Waals surface area contributed by atoms with E-state index >= 15 is 0 Å². The number of rotatable bonds is 10. The Morgan fingerprint density at radius 1 is 1.00 bits per heavy atom. The topological polar surface area (TPSA) is 49.4 Å². The van der Waals surface area contributed by atoms with Gasteiger partial charge in [-0.25, -0.2) is 0 Å². The predicted molar refractivity (Wildman–Crippen MR) is 132 cm³/mol. The number of hydrogen-bond acceptors (Lipinski definition) is 2. The van der Waals surface area contributed by atoms with Crippen molar-refractivity contribution >= 4 is 34.2 Å². The normalized spacial score (nSPS) is 11.8. The highest BCUT2D eigenvalue weighted by Crippen LogP contribution is 2.21. The van der Waals surface area contributed by atoms with Gasteiger partial charge in [0.1, 0.15) is 6.04 Å². The van der Waals surface area contributed by atoms with E-state index in [-0.39, 0.29) is 11.8 Å². The molecule has 1 N–H and O–H groups in total. The molecular weight excluding hydrogens is 420 g/mol. The van der Waals surface area contributed by atoms with Gasteiger partial charge in [0, 0.05) is 24.5 Å². The molecule has 0 radical (unpaired) electrons. The molecule has 3 aromatic carbocycles. The fraction of sp³-hybridized carbons (Fsp3) is 0.333. The van der Waals surface area contributed by atoms with Crippen molar-refractivity contribution in [3.05, 3.63) is 82.9 Å². The van der Waals surface area contributed by atoms with E-state index in [2.05, 4.69) is 36.5 Å². The molecule has 0 saturated carbocycles. The van der Waals surface area contributed by atoms with E-state index in [4.69, 9.17) is 11.6 Å². The highest BCUT2D eigenvalue weighted by molar-refractivity contribution is 6.30. The summed E-state index contributed by atoms with van der Waals surface area (Å²) in [6.07, 6.45) is 2.90. The van der Waals surface area contributed by atoms with Crippen molar-refractivity contribution in [1.82, 2.24) is 10.2 Å². The number of unbranched alkanes of at least 4 members (excludes halogenated alkanes) is 1. The van der Waals surface area contributed by atoms with Crippen molar-refractivity contribution < 1.29 is 9.59 Å². The molecule has 2 amide bonds. The number of amides is 2. The molecule has 0 aliphatic rings. The number of nitrogens with zero attached hydrogens (tertiary/aromatic N) is 1. The fourth-order valence-electron chi connectivity index (χ4n) is 3.80. The molecular formula is C27H31ClN2O2. The zero-order chi connectivity index (χ0) is 22.9. The second kappa shape index (κ2) is 11.7. The minimum Gasteiger partial charge on any atom is -0.354 e. The number of benzene rings is 3. The van der Waals surface area contributed by atoms with E-state index in [1.54, 1.807) is 11.8 Å². The molecule has 1 atom stereocenters. The zero-order valence-electron chi connectivity index (χ0n) is 18.8. The summed E-state index contributed by atoms with van der Waals surface area (Å²) in [6.45, 7) is 4.87. The van der Waals surface area contributed by atoms with Crippen LogP contribution in [0.5, 0.6) is 0 Å². The lowest BCUT2D eigenvalue weighted by molar-refractivity contribution is -0.140. The van der Waals surface area contributed by atoms with Crippen molar-refractivity contribution in [3.63, 3.8) is 0 Å². The quantitative estimate of drug-likeness (QED) is 0.399. The zero-order valence-corrected chi connectivity index (χ0v) is 19.6. The van der Waals surface area contributed by atoms with Gasteiger partial charge in [0.25, 0.3) is 0 Å². The molecule has 3 aromatic rings. The van der Waals surface area contributed by atoms with Crippen molar-refractivity contribution in [2.24, 2.45) is 0 Å². The number of carbonyl (C=O) groups excluding carboxylic acids is 2.